The van der Waals surface area contributed by atoms with Gasteiger partial charge in [0.15, 0.2) is 6.10 Å². The number of likely N-dealkylation sites (tertiary alicyclic amines) is 1. The highest BCUT2D eigenvalue weighted by atomic mass is 16.5. The number of carbonyl (C=O) groups is 1. The molecule has 1 aromatic rings. The predicted octanol–water partition coefficient (Wildman–Crippen LogP) is 3.27. The quantitative estimate of drug-likeness (QED) is 0.844. The molecule has 0 unspecified atom stereocenters. The number of para-hydroxylation sites is 1. The van der Waals surface area contributed by atoms with Crippen LogP contribution in [0.3, 0.4) is 0 Å². The summed E-state index contributed by atoms with van der Waals surface area (Å²) in [4.78, 5) is 14.4. The minimum atomic E-state index is -0.409. The topological polar surface area (TPSA) is 29.5 Å². The maximum absolute atomic E-state index is 12.4. The standard InChI is InChI=1S/C17H25NO2/c1-4-15-9-5-6-10-16(15)20-14(3)17(19)18-11-7-8-13(2)12-18/h5-6,9-10,13-14H,4,7-8,11-12H2,1-3H3/t13-,14-/m1/s1. The molecule has 1 aliphatic heterocycles. The van der Waals surface area contributed by atoms with Gasteiger partial charge in [0.25, 0.3) is 5.91 Å². The Hall–Kier alpha value is -1.51. The van der Waals surface area contributed by atoms with Crippen LogP contribution in [-0.2, 0) is 11.2 Å². The van der Waals surface area contributed by atoms with Crippen LogP contribution in [-0.4, -0.2) is 30.0 Å². The lowest BCUT2D eigenvalue weighted by atomic mass is 10.00. The summed E-state index contributed by atoms with van der Waals surface area (Å²) < 4.78 is 5.90. The van der Waals surface area contributed by atoms with E-state index in [1.165, 1.54) is 6.42 Å². The molecular weight excluding hydrogens is 250 g/mol. The van der Waals surface area contributed by atoms with Crippen LogP contribution in [0.1, 0.15) is 39.2 Å². The SMILES string of the molecule is CCc1ccccc1O[C@H](C)C(=O)N1CCC[C@@H](C)C1. The number of ether oxygens (including phenoxy) is 1. The number of hydrogen-bond donors (Lipinski definition) is 0. The van der Waals surface area contributed by atoms with Crippen molar-refractivity contribution in [1.29, 1.82) is 0 Å². The summed E-state index contributed by atoms with van der Waals surface area (Å²) in [5.74, 6) is 1.55. The third kappa shape index (κ3) is 3.53. The molecule has 0 bridgehead atoms. The molecule has 2 atom stereocenters. The molecule has 0 N–H and O–H groups in total. The summed E-state index contributed by atoms with van der Waals surface area (Å²) in [7, 11) is 0. The lowest BCUT2D eigenvalue weighted by molar-refractivity contribution is -0.139. The van der Waals surface area contributed by atoms with Gasteiger partial charge in [0.1, 0.15) is 5.75 Å². The van der Waals surface area contributed by atoms with Crippen molar-refractivity contribution in [3.05, 3.63) is 29.8 Å². The molecule has 110 valence electrons. The third-order valence-electron chi connectivity index (χ3n) is 3.97. The Balaban J connectivity index is 2.00. The van der Waals surface area contributed by atoms with Gasteiger partial charge < -0.3 is 9.64 Å². The van der Waals surface area contributed by atoms with Crippen molar-refractivity contribution in [1.82, 2.24) is 4.90 Å². The zero-order valence-electron chi connectivity index (χ0n) is 12.8. The molecule has 0 saturated carbocycles. The van der Waals surface area contributed by atoms with Gasteiger partial charge in [-0.05, 0) is 43.7 Å². The van der Waals surface area contributed by atoms with Crippen LogP contribution >= 0.6 is 0 Å². The van der Waals surface area contributed by atoms with Crippen molar-refractivity contribution in [2.45, 2.75) is 46.1 Å². The lowest BCUT2D eigenvalue weighted by Crippen LogP contribution is -2.45. The number of rotatable bonds is 4. The minimum absolute atomic E-state index is 0.113. The first-order valence-corrected chi connectivity index (χ1v) is 7.65. The molecule has 1 fully saturated rings. The van der Waals surface area contributed by atoms with Crippen molar-refractivity contribution in [2.75, 3.05) is 13.1 Å². The van der Waals surface area contributed by atoms with Gasteiger partial charge in [-0.1, -0.05) is 32.0 Å². The number of benzene rings is 1. The maximum Gasteiger partial charge on any atom is 0.263 e. The van der Waals surface area contributed by atoms with Gasteiger partial charge in [-0.3, -0.25) is 4.79 Å². The molecule has 0 aromatic heterocycles. The highest BCUT2D eigenvalue weighted by Gasteiger charge is 2.26. The molecule has 1 heterocycles. The van der Waals surface area contributed by atoms with Crippen molar-refractivity contribution in [3.63, 3.8) is 0 Å². The molecule has 0 radical (unpaired) electrons. The van der Waals surface area contributed by atoms with E-state index < -0.39 is 6.10 Å². The van der Waals surface area contributed by atoms with Crippen LogP contribution in [0.5, 0.6) is 5.75 Å². The summed E-state index contributed by atoms with van der Waals surface area (Å²) >= 11 is 0. The fraction of sp³-hybridized carbons (Fsp3) is 0.588. The molecule has 20 heavy (non-hydrogen) atoms. The number of carbonyl (C=O) groups excluding carboxylic acids is 1. The van der Waals surface area contributed by atoms with E-state index in [-0.39, 0.29) is 5.91 Å². The van der Waals surface area contributed by atoms with E-state index >= 15 is 0 Å². The summed E-state index contributed by atoms with van der Waals surface area (Å²) in [6.07, 6.45) is 2.83. The molecule has 2 rings (SSSR count). The number of nitrogens with zero attached hydrogens (tertiary/aromatic N) is 1. The van der Waals surface area contributed by atoms with E-state index in [1.807, 2.05) is 30.0 Å². The Morgan fingerprint density at radius 3 is 2.90 bits per heavy atom. The van der Waals surface area contributed by atoms with Crippen LogP contribution in [0.15, 0.2) is 24.3 Å². The summed E-state index contributed by atoms with van der Waals surface area (Å²) in [5.41, 5.74) is 1.15. The van der Waals surface area contributed by atoms with Crippen LogP contribution in [0.4, 0.5) is 0 Å². The zero-order chi connectivity index (χ0) is 14.5. The van der Waals surface area contributed by atoms with Gasteiger partial charge >= 0.3 is 0 Å². The molecule has 1 amide bonds. The van der Waals surface area contributed by atoms with E-state index in [0.717, 1.165) is 37.2 Å². The van der Waals surface area contributed by atoms with Gasteiger partial charge in [-0.15, -0.1) is 0 Å². The van der Waals surface area contributed by atoms with Gasteiger partial charge in [0.2, 0.25) is 0 Å². The Kier molecular flexibility index (Phi) is 5.05. The van der Waals surface area contributed by atoms with Crippen LogP contribution in [0, 0.1) is 5.92 Å². The second-order valence-corrected chi connectivity index (χ2v) is 5.75. The van der Waals surface area contributed by atoms with E-state index in [2.05, 4.69) is 19.9 Å². The largest absolute Gasteiger partial charge is 0.481 e. The van der Waals surface area contributed by atoms with Crippen LogP contribution in [0.2, 0.25) is 0 Å². The number of hydrogen-bond acceptors (Lipinski definition) is 2. The Morgan fingerprint density at radius 1 is 1.45 bits per heavy atom. The second kappa shape index (κ2) is 6.78. The van der Waals surface area contributed by atoms with Gasteiger partial charge in [0.05, 0.1) is 0 Å². The summed E-state index contributed by atoms with van der Waals surface area (Å²) in [6.45, 7) is 7.89. The van der Waals surface area contributed by atoms with E-state index in [1.54, 1.807) is 0 Å². The first-order valence-electron chi connectivity index (χ1n) is 7.65. The molecule has 3 heteroatoms. The lowest BCUT2D eigenvalue weighted by Gasteiger charge is -2.32. The molecule has 3 nitrogen and oxygen atoms in total. The fourth-order valence-corrected chi connectivity index (χ4v) is 2.80. The van der Waals surface area contributed by atoms with Crippen molar-refractivity contribution >= 4 is 5.91 Å². The van der Waals surface area contributed by atoms with Gasteiger partial charge in [0, 0.05) is 13.1 Å². The molecular formula is C17H25NO2. The predicted molar refractivity (Wildman–Crippen MR) is 80.9 cm³/mol. The third-order valence-corrected chi connectivity index (χ3v) is 3.97. The molecule has 0 spiro atoms. The Morgan fingerprint density at radius 2 is 2.20 bits per heavy atom. The normalized spacial score (nSPS) is 20.6. The van der Waals surface area contributed by atoms with E-state index in [4.69, 9.17) is 4.74 Å². The van der Waals surface area contributed by atoms with Crippen molar-refractivity contribution in [2.24, 2.45) is 5.92 Å². The zero-order valence-corrected chi connectivity index (χ0v) is 12.8. The Bertz CT molecular complexity index is 458. The number of aryl methyl sites for hydroxylation is 1. The molecule has 0 aliphatic carbocycles. The van der Waals surface area contributed by atoms with Crippen molar-refractivity contribution in [3.8, 4) is 5.75 Å². The smallest absolute Gasteiger partial charge is 0.263 e. The van der Waals surface area contributed by atoms with Gasteiger partial charge in [-0.25, -0.2) is 0 Å². The number of amides is 1. The highest BCUT2D eigenvalue weighted by molar-refractivity contribution is 5.81. The average Bonchev–Trinajstić information content (AvgIpc) is 2.47. The summed E-state index contributed by atoms with van der Waals surface area (Å²) in [5, 5.41) is 0. The fourth-order valence-electron chi connectivity index (χ4n) is 2.80. The monoisotopic (exact) mass is 275 g/mol. The average molecular weight is 275 g/mol. The second-order valence-electron chi connectivity index (χ2n) is 5.75. The number of piperidine rings is 1. The van der Waals surface area contributed by atoms with E-state index in [0.29, 0.717) is 5.92 Å². The summed E-state index contributed by atoms with van der Waals surface area (Å²) in [6, 6.07) is 7.95. The first-order chi connectivity index (χ1) is 9.61. The molecule has 1 saturated heterocycles. The highest BCUT2D eigenvalue weighted by Crippen LogP contribution is 2.21. The van der Waals surface area contributed by atoms with Gasteiger partial charge in [-0.2, -0.15) is 0 Å². The van der Waals surface area contributed by atoms with Crippen molar-refractivity contribution < 1.29 is 9.53 Å². The van der Waals surface area contributed by atoms with E-state index in [9.17, 15) is 4.79 Å². The molecule has 1 aromatic carbocycles. The van der Waals surface area contributed by atoms with Crippen LogP contribution < -0.4 is 4.74 Å². The Labute approximate surface area is 121 Å². The van der Waals surface area contributed by atoms with Crippen LogP contribution in [0.25, 0.3) is 0 Å². The molecule has 1 aliphatic rings. The minimum Gasteiger partial charge on any atom is -0.481 e. The maximum atomic E-state index is 12.4. The first kappa shape index (κ1) is 14.9.